The fourth-order valence-electron chi connectivity index (χ4n) is 9.99. The van der Waals surface area contributed by atoms with Gasteiger partial charge in [0.2, 0.25) is 0 Å². The van der Waals surface area contributed by atoms with Crippen LogP contribution in [0.15, 0.2) is 41.3 Å². The van der Waals surface area contributed by atoms with Crippen molar-refractivity contribution in [2.24, 2.45) is 12.5 Å². The van der Waals surface area contributed by atoms with Crippen molar-refractivity contribution < 1.29 is 42.9 Å². The minimum absolute atomic E-state index is 0.0745. The Morgan fingerprint density at radius 2 is 1.65 bits per heavy atom. The molecule has 336 valence electrons. The monoisotopic (exact) mass is 866 g/mol. The van der Waals surface area contributed by atoms with Crippen LogP contribution in [0, 0.1) is 5.41 Å². The molecule has 16 heteroatoms. The first kappa shape index (κ1) is 44.0. The number of aryl methyl sites for hydroxylation is 1. The van der Waals surface area contributed by atoms with Crippen molar-refractivity contribution in [2.75, 3.05) is 74.3 Å². The smallest absolute Gasteiger partial charge is 0.317 e. The number of imide groups is 1. The number of fused-ring (bicyclic) bond motifs is 2. The van der Waals surface area contributed by atoms with Crippen LogP contribution in [-0.2, 0) is 40.9 Å². The molecule has 16 nitrogen and oxygen atoms in total. The summed E-state index contributed by atoms with van der Waals surface area (Å²) in [6.07, 6.45) is 6.07. The number of nitrogens with one attached hydrogen (secondary N) is 1. The van der Waals surface area contributed by atoms with Gasteiger partial charge in [0.25, 0.3) is 17.4 Å². The number of benzene rings is 2. The molecule has 0 radical (unpaired) electrons. The Balaban J connectivity index is 0.788. The summed E-state index contributed by atoms with van der Waals surface area (Å²) in [5.41, 5.74) is 4.72. The van der Waals surface area contributed by atoms with Gasteiger partial charge in [-0.3, -0.25) is 28.9 Å². The number of methoxy groups -OCH3 is 2. The molecule has 4 amide bonds. The third-order valence-corrected chi connectivity index (χ3v) is 13.5. The molecule has 2 saturated heterocycles. The zero-order chi connectivity index (χ0) is 44.6. The lowest BCUT2D eigenvalue weighted by Gasteiger charge is -2.38. The van der Waals surface area contributed by atoms with Crippen LogP contribution in [0.2, 0.25) is 0 Å². The van der Waals surface area contributed by atoms with E-state index in [1.165, 1.54) is 0 Å². The number of ether oxygens (including phenoxy) is 4. The van der Waals surface area contributed by atoms with Gasteiger partial charge in [-0.2, -0.15) is 0 Å². The number of hydrogen-bond donors (Lipinski definition) is 1. The molecule has 8 rings (SSSR count). The van der Waals surface area contributed by atoms with E-state index in [2.05, 4.69) is 15.1 Å². The molecule has 1 saturated carbocycles. The molecule has 4 aliphatic heterocycles. The predicted molar refractivity (Wildman–Crippen MR) is 232 cm³/mol. The first-order chi connectivity index (χ1) is 30.3. The summed E-state index contributed by atoms with van der Waals surface area (Å²) in [6.45, 7) is 5.56. The number of carbonyl (C=O) groups is 5. The van der Waals surface area contributed by atoms with Crippen LogP contribution >= 0.6 is 0 Å². The molecule has 0 bridgehead atoms. The van der Waals surface area contributed by atoms with Gasteiger partial charge in [0, 0.05) is 57.0 Å². The molecule has 1 spiro atoms. The van der Waals surface area contributed by atoms with Gasteiger partial charge in [-0.05, 0) is 113 Å². The van der Waals surface area contributed by atoms with E-state index in [0.29, 0.717) is 62.1 Å². The molecule has 3 fully saturated rings. The maximum absolute atomic E-state index is 13.6. The molecule has 2 unspecified atom stereocenters. The molecule has 2 aromatic carbocycles. The van der Waals surface area contributed by atoms with Crippen molar-refractivity contribution in [2.45, 2.75) is 76.6 Å². The molecule has 1 aromatic heterocycles. The van der Waals surface area contributed by atoms with Crippen LogP contribution in [0.3, 0.4) is 0 Å². The number of likely N-dealkylation sites (tertiary alicyclic amines) is 1. The minimum atomic E-state index is -0.899. The average Bonchev–Trinajstić information content (AvgIpc) is 3.78. The second kappa shape index (κ2) is 18.3. The number of aromatic nitrogens is 1. The molecule has 63 heavy (non-hydrogen) atoms. The van der Waals surface area contributed by atoms with Crippen molar-refractivity contribution in [1.29, 1.82) is 0 Å². The van der Waals surface area contributed by atoms with E-state index in [-0.39, 0.29) is 71.6 Å². The van der Waals surface area contributed by atoms with Crippen LogP contribution in [0.4, 0.5) is 4.79 Å². The Hall–Kier alpha value is -5.58. The number of pyridine rings is 1. The van der Waals surface area contributed by atoms with Crippen LogP contribution in [0.1, 0.15) is 82.4 Å². The van der Waals surface area contributed by atoms with Crippen molar-refractivity contribution in [3.05, 3.63) is 74.7 Å². The number of nitrogens with zero attached hydrogens (tertiary/aromatic N) is 5. The quantitative estimate of drug-likeness (QED) is 0.150. The number of urea groups is 1. The van der Waals surface area contributed by atoms with E-state index in [0.717, 1.165) is 72.5 Å². The van der Waals surface area contributed by atoms with E-state index in [1.54, 1.807) is 48.9 Å². The van der Waals surface area contributed by atoms with Gasteiger partial charge >= 0.3 is 6.03 Å². The lowest BCUT2D eigenvalue weighted by molar-refractivity contribution is -0.132. The number of carbonyl (C=O) groups excluding carboxylic acids is 5. The third-order valence-electron chi connectivity index (χ3n) is 13.5. The predicted octanol–water partition coefficient (Wildman–Crippen LogP) is 3.83. The number of piperidine rings is 1. The van der Waals surface area contributed by atoms with E-state index in [4.69, 9.17) is 18.9 Å². The molecular weight excluding hydrogens is 809 g/mol. The van der Waals surface area contributed by atoms with E-state index >= 15 is 0 Å². The highest BCUT2D eigenvalue weighted by Gasteiger charge is 2.45. The highest BCUT2D eigenvalue weighted by Crippen LogP contribution is 2.42. The van der Waals surface area contributed by atoms with Crippen molar-refractivity contribution >= 4 is 29.4 Å². The highest BCUT2D eigenvalue weighted by molar-refractivity contribution is 6.23. The molecular formula is C47H58N6O10. The van der Waals surface area contributed by atoms with Crippen molar-refractivity contribution in [3.8, 4) is 28.4 Å². The van der Waals surface area contributed by atoms with Crippen molar-refractivity contribution in [1.82, 2.24) is 29.5 Å². The van der Waals surface area contributed by atoms with Gasteiger partial charge in [0.1, 0.15) is 23.0 Å². The molecule has 5 heterocycles. The van der Waals surface area contributed by atoms with E-state index in [1.807, 2.05) is 32.4 Å². The van der Waals surface area contributed by atoms with Gasteiger partial charge in [0.05, 0.1) is 69.2 Å². The Labute approximate surface area is 367 Å². The van der Waals surface area contributed by atoms with Gasteiger partial charge < -0.3 is 43.5 Å². The molecule has 2 atom stereocenters. The normalized spacial score (nSPS) is 21.0. The number of ketones is 2. The summed E-state index contributed by atoms with van der Waals surface area (Å²) >= 11 is 0. The molecule has 1 aliphatic carbocycles. The van der Waals surface area contributed by atoms with Crippen LogP contribution < -0.4 is 25.1 Å². The van der Waals surface area contributed by atoms with Crippen LogP contribution in [0.25, 0.3) is 11.1 Å². The van der Waals surface area contributed by atoms with Crippen LogP contribution in [-0.4, -0.2) is 140 Å². The Kier molecular flexibility index (Phi) is 12.8. The second-order valence-corrected chi connectivity index (χ2v) is 18.0. The summed E-state index contributed by atoms with van der Waals surface area (Å²) in [5.74, 6) is 0.332. The zero-order valence-electron chi connectivity index (χ0n) is 37.0. The van der Waals surface area contributed by atoms with Gasteiger partial charge in [-0.25, -0.2) is 4.79 Å². The first-order valence-corrected chi connectivity index (χ1v) is 22.0. The summed E-state index contributed by atoms with van der Waals surface area (Å²) in [7, 11) is 9.01. The average molecular weight is 867 g/mol. The molecule has 1 N–H and O–H groups in total. The summed E-state index contributed by atoms with van der Waals surface area (Å²) < 4.78 is 25.4. The highest BCUT2D eigenvalue weighted by atomic mass is 16.5. The summed E-state index contributed by atoms with van der Waals surface area (Å²) in [5, 5.41) is 3.10. The lowest BCUT2D eigenvalue weighted by Crippen LogP contribution is -2.47. The van der Waals surface area contributed by atoms with Crippen molar-refractivity contribution in [3.63, 3.8) is 0 Å². The Bertz CT molecular complexity index is 2340. The maximum atomic E-state index is 13.6. The first-order valence-electron chi connectivity index (χ1n) is 22.0. The summed E-state index contributed by atoms with van der Waals surface area (Å²) in [6, 6.07) is 7.71. The number of rotatable bonds is 13. The van der Waals surface area contributed by atoms with Crippen LogP contribution in [0.5, 0.6) is 17.2 Å². The molecule has 5 aliphatic rings. The summed E-state index contributed by atoms with van der Waals surface area (Å²) in [4.78, 5) is 84.7. The number of amides is 4. The lowest BCUT2D eigenvalue weighted by atomic mass is 9.76. The number of hydrogen-bond acceptors (Lipinski definition) is 12. The minimum Gasteiger partial charge on any atom is -0.496 e. The SMILES string of the molecule is COc1cc(-c2cn(C)c(=O)c3c2CCN(C(=O)NCC2CC4(CCN(CCCOc5ccc6c(c5)C(=O)N(C5CCC(=O)CC5=O)C6=O)CC4)CO2)C3)cc(OC)c1CN(C)C. The standard InChI is InChI=1S/C47H58N6O10/c1-49(2)25-38-41(60-4)19-29(20-42(38)61-5)36-26-50(3)43(56)37-27-52(15-11-33(36)37)46(59)48-24-32-23-47(28-63-32)12-16-51(17-13-47)14-6-18-62-31-8-9-34-35(22-31)45(58)53(44(34)57)39-10-7-30(54)21-40(39)55/h8-9,19-20,22,26,32,39H,6-7,10-18,21,23-25,27-28H2,1-5H3,(H,48,59). The zero-order valence-corrected chi connectivity index (χ0v) is 37.0. The largest absolute Gasteiger partial charge is 0.496 e. The Morgan fingerprint density at radius 1 is 0.921 bits per heavy atom. The fraction of sp³-hybridized carbons (Fsp3) is 0.532. The topological polar surface area (TPSA) is 169 Å². The Morgan fingerprint density at radius 3 is 2.35 bits per heavy atom. The molecule has 3 aromatic rings. The maximum Gasteiger partial charge on any atom is 0.317 e. The van der Waals surface area contributed by atoms with Gasteiger partial charge in [0.15, 0.2) is 5.78 Å². The fourth-order valence-corrected chi connectivity index (χ4v) is 9.99. The second-order valence-electron chi connectivity index (χ2n) is 18.0. The van der Waals surface area contributed by atoms with E-state index < -0.39 is 17.9 Å². The third kappa shape index (κ3) is 8.98. The van der Waals surface area contributed by atoms with Gasteiger partial charge in [-0.15, -0.1) is 0 Å². The van der Waals surface area contributed by atoms with Gasteiger partial charge in [-0.1, -0.05) is 0 Å². The number of Topliss-reactive ketones (excluding diaryl/α,β-unsaturated/α-hetero) is 2. The van der Waals surface area contributed by atoms with E-state index in [9.17, 15) is 28.8 Å².